The number of hydrogen-bond donors (Lipinski definition) is 1. The van der Waals surface area contributed by atoms with E-state index in [1.807, 2.05) is 68.4 Å². The van der Waals surface area contributed by atoms with Crippen LogP contribution >= 0.6 is 15.9 Å². The number of hydrogen-bond acceptors (Lipinski definition) is 4. The maximum atomic E-state index is 13.9. The molecule has 3 rings (SSSR count). The summed E-state index contributed by atoms with van der Waals surface area (Å²) in [5.74, 6) is -2.90. The number of nitrogens with one attached hydrogen (secondary N) is 1. The van der Waals surface area contributed by atoms with Crippen LogP contribution in [0.15, 0.2) is 77.3 Å². The van der Waals surface area contributed by atoms with E-state index in [0.29, 0.717) is 0 Å². The van der Waals surface area contributed by atoms with Crippen molar-refractivity contribution in [2.45, 2.75) is 51.7 Å². The number of carbonyl (C=O) groups is 2. The Kier molecular flexibility index (Phi) is 11.4. The molecule has 0 aromatic heterocycles. The molecule has 1 N–H and O–H groups in total. The molecule has 7 nitrogen and oxygen atoms in total. The highest BCUT2D eigenvalue weighted by Gasteiger charge is 2.31. The molecule has 11 heteroatoms. The van der Waals surface area contributed by atoms with Crippen LogP contribution in [-0.2, 0) is 32.6 Å². The largest absolute Gasteiger partial charge is 0.352 e. The van der Waals surface area contributed by atoms with Gasteiger partial charge in [0, 0.05) is 42.5 Å². The third kappa shape index (κ3) is 9.64. The van der Waals surface area contributed by atoms with Crippen LogP contribution in [0.5, 0.6) is 0 Å². The molecule has 1 atom stereocenters. The molecule has 0 spiro atoms. The lowest BCUT2D eigenvalue weighted by atomic mass is 10.0. The van der Waals surface area contributed by atoms with E-state index >= 15 is 0 Å². The zero-order valence-corrected chi connectivity index (χ0v) is 25.6. The lowest BCUT2D eigenvalue weighted by molar-refractivity contribution is -0.141. The lowest BCUT2D eigenvalue weighted by Gasteiger charge is -2.32. The first-order valence-electron chi connectivity index (χ1n) is 13.2. The standard InChI is InChI=1S/C30H34BrF2N3O4S/c1-21(2)34-30(38)28(18-22-8-5-4-6-9-22)35(20-23-11-13-24(31)14-12-23)29(37)10-7-17-36(41(3,39)40)25-15-16-26(32)27(33)19-25/h4-6,8-9,11-16,19,21,28H,7,10,17-18,20H2,1-3H3,(H,34,38). The fourth-order valence-electron chi connectivity index (χ4n) is 4.37. The van der Waals surface area contributed by atoms with E-state index in [4.69, 9.17) is 0 Å². The van der Waals surface area contributed by atoms with Crippen LogP contribution < -0.4 is 9.62 Å². The van der Waals surface area contributed by atoms with Crippen LogP contribution in [0.25, 0.3) is 0 Å². The Balaban J connectivity index is 1.88. The molecule has 0 bridgehead atoms. The van der Waals surface area contributed by atoms with Crippen LogP contribution in [0.3, 0.4) is 0 Å². The molecular weight excluding hydrogens is 616 g/mol. The lowest BCUT2D eigenvalue weighted by Crippen LogP contribution is -2.51. The minimum absolute atomic E-state index is 0.0381. The number of amides is 2. The molecule has 0 aliphatic heterocycles. The van der Waals surface area contributed by atoms with Crippen molar-refractivity contribution in [1.82, 2.24) is 10.2 Å². The summed E-state index contributed by atoms with van der Waals surface area (Å²) in [5.41, 5.74) is 1.66. The second kappa shape index (κ2) is 14.5. The summed E-state index contributed by atoms with van der Waals surface area (Å²) < 4.78 is 54.1. The number of halogens is 3. The monoisotopic (exact) mass is 649 g/mol. The van der Waals surface area contributed by atoms with E-state index in [-0.39, 0.29) is 55.9 Å². The summed E-state index contributed by atoms with van der Waals surface area (Å²) >= 11 is 3.41. The summed E-state index contributed by atoms with van der Waals surface area (Å²) in [6.07, 6.45) is 1.26. The maximum absolute atomic E-state index is 13.9. The highest BCUT2D eigenvalue weighted by atomic mass is 79.9. The molecule has 1 unspecified atom stereocenters. The van der Waals surface area contributed by atoms with Gasteiger partial charge in [-0.3, -0.25) is 13.9 Å². The van der Waals surface area contributed by atoms with Crippen LogP contribution in [0, 0.1) is 11.6 Å². The third-order valence-corrected chi connectivity index (χ3v) is 8.03. The smallest absolute Gasteiger partial charge is 0.243 e. The van der Waals surface area contributed by atoms with Crippen LogP contribution in [0.4, 0.5) is 14.5 Å². The average molecular weight is 651 g/mol. The second-order valence-corrected chi connectivity index (χ2v) is 12.9. The summed E-state index contributed by atoms with van der Waals surface area (Å²) in [4.78, 5) is 28.7. The number of nitrogens with zero attached hydrogens (tertiary/aromatic N) is 2. The SMILES string of the molecule is CC(C)NC(=O)C(Cc1ccccc1)N(Cc1ccc(Br)cc1)C(=O)CCCN(c1ccc(F)c(F)c1)S(C)(=O)=O. The molecule has 0 heterocycles. The topological polar surface area (TPSA) is 86.8 Å². The minimum atomic E-state index is -3.85. The molecule has 0 saturated carbocycles. The van der Waals surface area contributed by atoms with Gasteiger partial charge >= 0.3 is 0 Å². The van der Waals surface area contributed by atoms with E-state index in [1.165, 1.54) is 11.0 Å². The molecule has 2 amide bonds. The van der Waals surface area contributed by atoms with Gasteiger partial charge in [-0.2, -0.15) is 0 Å². The minimum Gasteiger partial charge on any atom is -0.352 e. The zero-order chi connectivity index (χ0) is 30.2. The Morgan fingerprint density at radius 3 is 2.17 bits per heavy atom. The second-order valence-electron chi connectivity index (χ2n) is 10.1. The van der Waals surface area contributed by atoms with Crippen molar-refractivity contribution < 1.29 is 26.8 Å². The van der Waals surface area contributed by atoms with Crippen LogP contribution in [0.1, 0.15) is 37.8 Å². The summed E-state index contributed by atoms with van der Waals surface area (Å²) in [5, 5.41) is 2.92. The van der Waals surface area contributed by atoms with Gasteiger partial charge in [-0.1, -0.05) is 58.4 Å². The number of sulfonamides is 1. The predicted octanol–water partition coefficient (Wildman–Crippen LogP) is 5.44. The van der Waals surface area contributed by atoms with Gasteiger partial charge in [0.1, 0.15) is 6.04 Å². The number of rotatable bonds is 13. The van der Waals surface area contributed by atoms with Gasteiger partial charge in [-0.25, -0.2) is 17.2 Å². The van der Waals surface area contributed by atoms with Crippen LogP contribution in [0.2, 0.25) is 0 Å². The van der Waals surface area contributed by atoms with Gasteiger partial charge in [0.25, 0.3) is 0 Å². The van der Waals surface area contributed by atoms with E-state index in [2.05, 4.69) is 21.2 Å². The maximum Gasteiger partial charge on any atom is 0.243 e. The average Bonchev–Trinajstić information content (AvgIpc) is 2.90. The van der Waals surface area contributed by atoms with Gasteiger partial charge in [-0.15, -0.1) is 0 Å². The summed E-state index contributed by atoms with van der Waals surface area (Å²) in [7, 11) is -3.85. The predicted molar refractivity (Wildman–Crippen MR) is 160 cm³/mol. The fourth-order valence-corrected chi connectivity index (χ4v) is 5.59. The molecule has 0 fully saturated rings. The first-order valence-corrected chi connectivity index (χ1v) is 15.8. The Hall–Kier alpha value is -3.31. The summed E-state index contributed by atoms with van der Waals surface area (Å²) in [6.45, 7) is 3.71. The number of anilines is 1. The van der Waals surface area contributed by atoms with Crippen molar-refractivity contribution in [2.75, 3.05) is 17.1 Å². The summed E-state index contributed by atoms with van der Waals surface area (Å²) in [6, 6.07) is 18.7. The molecule has 220 valence electrons. The zero-order valence-electron chi connectivity index (χ0n) is 23.2. The van der Waals surface area contributed by atoms with E-state index in [9.17, 15) is 26.8 Å². The molecular formula is C30H34BrF2N3O4S. The number of carbonyl (C=O) groups excluding carboxylic acids is 2. The Labute approximate surface area is 248 Å². The van der Waals surface area contributed by atoms with Crippen LogP contribution in [-0.4, -0.2) is 50.0 Å². The van der Waals surface area contributed by atoms with Gasteiger partial charge in [0.05, 0.1) is 11.9 Å². The highest BCUT2D eigenvalue weighted by Crippen LogP contribution is 2.22. The van der Waals surface area contributed by atoms with Crippen molar-refractivity contribution in [1.29, 1.82) is 0 Å². The Morgan fingerprint density at radius 2 is 1.59 bits per heavy atom. The molecule has 0 saturated heterocycles. The van der Waals surface area contributed by atoms with Gasteiger partial charge in [0.2, 0.25) is 21.8 Å². The molecule has 0 aliphatic rings. The molecule has 0 radical (unpaired) electrons. The number of benzene rings is 3. The van der Waals surface area contributed by atoms with Crippen molar-refractivity contribution >= 4 is 43.5 Å². The molecule has 3 aromatic rings. The van der Waals surface area contributed by atoms with Crippen molar-refractivity contribution in [2.24, 2.45) is 0 Å². The van der Waals surface area contributed by atoms with Gasteiger partial charge in [0.15, 0.2) is 11.6 Å². The quantitative estimate of drug-likeness (QED) is 0.267. The normalized spacial score (nSPS) is 12.2. The van der Waals surface area contributed by atoms with Crippen molar-refractivity contribution in [3.63, 3.8) is 0 Å². The van der Waals surface area contributed by atoms with Gasteiger partial charge < -0.3 is 10.2 Å². The van der Waals surface area contributed by atoms with E-state index < -0.39 is 27.7 Å². The Morgan fingerprint density at radius 1 is 0.927 bits per heavy atom. The molecule has 41 heavy (non-hydrogen) atoms. The Bertz CT molecular complexity index is 1440. The van der Waals surface area contributed by atoms with E-state index in [1.54, 1.807) is 0 Å². The van der Waals surface area contributed by atoms with E-state index in [0.717, 1.165) is 38.3 Å². The van der Waals surface area contributed by atoms with Crippen molar-refractivity contribution in [3.8, 4) is 0 Å². The fraction of sp³-hybridized carbons (Fsp3) is 0.333. The van der Waals surface area contributed by atoms with Crippen molar-refractivity contribution in [3.05, 3.63) is 100 Å². The van der Waals surface area contributed by atoms with Gasteiger partial charge in [-0.05, 0) is 55.7 Å². The first-order chi connectivity index (χ1) is 19.3. The molecule has 0 aliphatic carbocycles. The third-order valence-electron chi connectivity index (χ3n) is 6.31. The molecule has 3 aromatic carbocycles. The first kappa shape index (κ1) is 32.2. The highest BCUT2D eigenvalue weighted by molar-refractivity contribution is 9.10.